The standard InChI is InChI=1S/C12H18N2O2/c1-8-5-10(11(13)14-6-8)12(2,15)9-3-4-16-7-9/h5-6,9,15H,3-4,7H2,1-2H3,(H2,13,14). The Balaban J connectivity index is 2.37. The molecule has 1 aliphatic rings. The Kier molecular flexibility index (Phi) is 2.86. The third kappa shape index (κ3) is 1.90. The van der Waals surface area contributed by atoms with E-state index in [9.17, 15) is 5.11 Å². The van der Waals surface area contributed by atoms with Crippen LogP contribution in [-0.4, -0.2) is 23.3 Å². The number of nitrogens with zero attached hydrogens (tertiary/aromatic N) is 1. The predicted molar refractivity (Wildman–Crippen MR) is 61.9 cm³/mol. The van der Waals surface area contributed by atoms with E-state index in [2.05, 4.69) is 4.98 Å². The van der Waals surface area contributed by atoms with Crippen molar-refractivity contribution in [1.82, 2.24) is 4.98 Å². The van der Waals surface area contributed by atoms with Crippen molar-refractivity contribution in [1.29, 1.82) is 0 Å². The molecule has 3 N–H and O–H groups in total. The summed E-state index contributed by atoms with van der Waals surface area (Å²) < 4.78 is 5.31. The highest BCUT2D eigenvalue weighted by Crippen LogP contribution is 2.36. The smallest absolute Gasteiger partial charge is 0.129 e. The fourth-order valence-corrected chi connectivity index (χ4v) is 2.18. The van der Waals surface area contributed by atoms with Crippen molar-refractivity contribution in [3.63, 3.8) is 0 Å². The minimum Gasteiger partial charge on any atom is -0.385 e. The number of hydrogen-bond donors (Lipinski definition) is 2. The Hall–Kier alpha value is -1.13. The molecular formula is C12H18N2O2. The monoisotopic (exact) mass is 222 g/mol. The van der Waals surface area contributed by atoms with Crippen LogP contribution >= 0.6 is 0 Å². The second-order valence-electron chi connectivity index (χ2n) is 4.65. The van der Waals surface area contributed by atoms with Crippen molar-refractivity contribution in [2.75, 3.05) is 18.9 Å². The van der Waals surface area contributed by atoms with E-state index >= 15 is 0 Å². The quantitative estimate of drug-likeness (QED) is 0.789. The molecule has 4 heteroatoms. The van der Waals surface area contributed by atoms with Gasteiger partial charge < -0.3 is 15.6 Å². The molecule has 0 aromatic carbocycles. The van der Waals surface area contributed by atoms with Crippen LogP contribution in [0.15, 0.2) is 12.3 Å². The van der Waals surface area contributed by atoms with Crippen molar-refractivity contribution in [3.8, 4) is 0 Å². The summed E-state index contributed by atoms with van der Waals surface area (Å²) >= 11 is 0. The Morgan fingerprint density at radius 3 is 3.00 bits per heavy atom. The maximum Gasteiger partial charge on any atom is 0.129 e. The van der Waals surface area contributed by atoms with Gasteiger partial charge in [0.1, 0.15) is 5.82 Å². The average Bonchev–Trinajstić information content (AvgIpc) is 2.75. The third-order valence-corrected chi connectivity index (χ3v) is 3.33. The Bertz CT molecular complexity index is 385. The molecule has 2 heterocycles. The Labute approximate surface area is 95.4 Å². The number of anilines is 1. The van der Waals surface area contributed by atoms with E-state index < -0.39 is 5.60 Å². The second-order valence-corrected chi connectivity index (χ2v) is 4.65. The molecule has 1 aliphatic heterocycles. The molecule has 16 heavy (non-hydrogen) atoms. The van der Waals surface area contributed by atoms with Crippen LogP contribution in [0.3, 0.4) is 0 Å². The van der Waals surface area contributed by atoms with Crippen LogP contribution in [0.1, 0.15) is 24.5 Å². The molecule has 0 saturated carbocycles. The lowest BCUT2D eigenvalue weighted by atomic mass is 9.82. The number of nitrogen functional groups attached to an aromatic ring is 1. The van der Waals surface area contributed by atoms with Crippen molar-refractivity contribution < 1.29 is 9.84 Å². The van der Waals surface area contributed by atoms with Gasteiger partial charge in [0.2, 0.25) is 0 Å². The lowest BCUT2D eigenvalue weighted by Crippen LogP contribution is -2.33. The van der Waals surface area contributed by atoms with E-state index in [1.807, 2.05) is 13.0 Å². The highest BCUT2D eigenvalue weighted by molar-refractivity contribution is 5.44. The number of aliphatic hydroxyl groups is 1. The molecular weight excluding hydrogens is 204 g/mol. The SMILES string of the molecule is Cc1cnc(N)c(C(C)(O)C2CCOC2)c1. The zero-order valence-electron chi connectivity index (χ0n) is 9.73. The van der Waals surface area contributed by atoms with E-state index in [1.165, 1.54) is 0 Å². The van der Waals surface area contributed by atoms with E-state index in [1.54, 1.807) is 13.1 Å². The molecule has 2 atom stereocenters. The molecule has 1 saturated heterocycles. The minimum absolute atomic E-state index is 0.0957. The van der Waals surface area contributed by atoms with Crippen LogP contribution < -0.4 is 5.73 Å². The van der Waals surface area contributed by atoms with Crippen LogP contribution in [-0.2, 0) is 10.3 Å². The predicted octanol–water partition coefficient (Wildman–Crippen LogP) is 1.22. The molecule has 2 rings (SSSR count). The van der Waals surface area contributed by atoms with Crippen molar-refractivity contribution in [2.45, 2.75) is 25.9 Å². The molecule has 2 unspecified atom stereocenters. The summed E-state index contributed by atoms with van der Waals surface area (Å²) in [4.78, 5) is 4.09. The lowest BCUT2D eigenvalue weighted by molar-refractivity contribution is -0.00931. The molecule has 0 bridgehead atoms. The van der Waals surface area contributed by atoms with Crippen LogP contribution in [0.5, 0.6) is 0 Å². The highest BCUT2D eigenvalue weighted by atomic mass is 16.5. The molecule has 1 aromatic rings. The van der Waals surface area contributed by atoms with Gasteiger partial charge in [0, 0.05) is 24.3 Å². The number of aromatic nitrogens is 1. The number of hydrogen-bond acceptors (Lipinski definition) is 4. The summed E-state index contributed by atoms with van der Waals surface area (Å²) in [5.41, 5.74) is 6.59. The van der Waals surface area contributed by atoms with Crippen molar-refractivity contribution >= 4 is 5.82 Å². The molecule has 1 aromatic heterocycles. The normalized spacial score (nSPS) is 24.3. The Morgan fingerprint density at radius 2 is 2.38 bits per heavy atom. The van der Waals surface area contributed by atoms with E-state index in [0.717, 1.165) is 12.0 Å². The zero-order chi connectivity index (χ0) is 11.8. The van der Waals surface area contributed by atoms with Gasteiger partial charge in [0.15, 0.2) is 0 Å². The molecule has 0 radical (unpaired) electrons. The van der Waals surface area contributed by atoms with Gasteiger partial charge in [0.25, 0.3) is 0 Å². The van der Waals surface area contributed by atoms with Crippen molar-refractivity contribution in [3.05, 3.63) is 23.4 Å². The summed E-state index contributed by atoms with van der Waals surface area (Å²) in [6.45, 7) is 5.02. The first-order valence-corrected chi connectivity index (χ1v) is 5.54. The van der Waals surface area contributed by atoms with Crippen molar-refractivity contribution in [2.24, 2.45) is 5.92 Å². The molecule has 0 amide bonds. The topological polar surface area (TPSA) is 68.4 Å². The summed E-state index contributed by atoms with van der Waals surface area (Å²) in [5.74, 6) is 0.501. The van der Waals surface area contributed by atoms with Crippen LogP contribution in [0.4, 0.5) is 5.82 Å². The Morgan fingerprint density at radius 1 is 1.62 bits per heavy atom. The summed E-state index contributed by atoms with van der Waals surface area (Å²) in [6.07, 6.45) is 2.57. The van der Waals surface area contributed by atoms with Gasteiger partial charge in [-0.15, -0.1) is 0 Å². The second kappa shape index (κ2) is 4.03. The maximum absolute atomic E-state index is 10.6. The first kappa shape index (κ1) is 11.4. The first-order chi connectivity index (χ1) is 7.51. The number of pyridine rings is 1. The van der Waals surface area contributed by atoms with Crippen LogP contribution in [0, 0.1) is 12.8 Å². The summed E-state index contributed by atoms with van der Waals surface area (Å²) in [6, 6.07) is 1.90. The average molecular weight is 222 g/mol. The number of aryl methyl sites for hydroxylation is 1. The number of ether oxygens (including phenoxy) is 1. The lowest BCUT2D eigenvalue weighted by Gasteiger charge is -2.30. The molecule has 0 aliphatic carbocycles. The molecule has 0 spiro atoms. The van der Waals surface area contributed by atoms with Gasteiger partial charge >= 0.3 is 0 Å². The van der Waals surface area contributed by atoms with Gasteiger partial charge in [-0.05, 0) is 31.9 Å². The largest absolute Gasteiger partial charge is 0.385 e. The highest BCUT2D eigenvalue weighted by Gasteiger charge is 2.38. The van der Waals surface area contributed by atoms with Gasteiger partial charge in [-0.25, -0.2) is 4.98 Å². The molecule has 88 valence electrons. The summed E-state index contributed by atoms with van der Waals surface area (Å²) in [7, 11) is 0. The van der Waals surface area contributed by atoms with Crippen LogP contribution in [0.25, 0.3) is 0 Å². The fourth-order valence-electron chi connectivity index (χ4n) is 2.18. The molecule has 1 fully saturated rings. The molecule has 4 nitrogen and oxygen atoms in total. The minimum atomic E-state index is -0.959. The maximum atomic E-state index is 10.6. The number of nitrogens with two attached hydrogens (primary N) is 1. The van der Waals surface area contributed by atoms with E-state index in [-0.39, 0.29) is 5.92 Å². The van der Waals surface area contributed by atoms with Gasteiger partial charge in [-0.3, -0.25) is 0 Å². The zero-order valence-corrected chi connectivity index (χ0v) is 9.73. The van der Waals surface area contributed by atoms with Crippen LogP contribution in [0.2, 0.25) is 0 Å². The first-order valence-electron chi connectivity index (χ1n) is 5.54. The fraction of sp³-hybridized carbons (Fsp3) is 0.583. The van der Waals surface area contributed by atoms with E-state index in [0.29, 0.717) is 24.6 Å². The summed E-state index contributed by atoms with van der Waals surface area (Å²) in [5, 5.41) is 10.6. The van der Waals surface area contributed by atoms with Gasteiger partial charge in [-0.1, -0.05) is 0 Å². The third-order valence-electron chi connectivity index (χ3n) is 3.33. The number of rotatable bonds is 2. The van der Waals surface area contributed by atoms with E-state index in [4.69, 9.17) is 10.5 Å². The van der Waals surface area contributed by atoms with Gasteiger partial charge in [-0.2, -0.15) is 0 Å². The van der Waals surface area contributed by atoms with Gasteiger partial charge in [0.05, 0.1) is 12.2 Å².